The Labute approximate surface area is 89.4 Å². The van der Waals surface area contributed by atoms with Crippen molar-refractivity contribution in [3.05, 3.63) is 0 Å². The monoisotopic (exact) mass is 214 g/mol. The number of fused-ring (bicyclic) bond motifs is 2. The molecule has 2 rings (SSSR count). The first-order valence-electron chi connectivity index (χ1n) is 5.29. The number of hydrogen-bond acceptors (Lipinski definition) is 4. The zero-order valence-electron chi connectivity index (χ0n) is 9.36. The van der Waals surface area contributed by atoms with Gasteiger partial charge in [0, 0.05) is 13.1 Å². The second-order valence-electron chi connectivity index (χ2n) is 5.21. The van der Waals surface area contributed by atoms with Gasteiger partial charge >= 0.3 is 6.09 Å². The van der Waals surface area contributed by atoms with Crippen LogP contribution in [-0.2, 0) is 4.74 Å². The van der Waals surface area contributed by atoms with Gasteiger partial charge in [0.25, 0.3) is 0 Å². The van der Waals surface area contributed by atoms with E-state index in [1.807, 2.05) is 20.8 Å². The number of aliphatic hydroxyl groups excluding tert-OH is 1. The molecule has 2 aliphatic rings. The molecule has 2 bridgehead atoms. The van der Waals surface area contributed by atoms with E-state index in [1.165, 1.54) is 0 Å². The molecule has 2 heterocycles. The molecule has 0 spiro atoms. The van der Waals surface area contributed by atoms with Gasteiger partial charge in [-0.15, -0.1) is 0 Å². The molecular weight excluding hydrogens is 196 g/mol. The van der Waals surface area contributed by atoms with Crippen molar-refractivity contribution in [1.82, 2.24) is 10.2 Å². The summed E-state index contributed by atoms with van der Waals surface area (Å²) >= 11 is 0. The molecule has 0 saturated carbocycles. The maximum atomic E-state index is 11.8. The summed E-state index contributed by atoms with van der Waals surface area (Å²) in [5.41, 5.74) is -0.475. The molecule has 3 atom stereocenters. The van der Waals surface area contributed by atoms with Gasteiger partial charge in [0.1, 0.15) is 5.60 Å². The molecule has 2 saturated heterocycles. The Morgan fingerprint density at radius 1 is 1.53 bits per heavy atom. The lowest BCUT2D eigenvalue weighted by Crippen LogP contribution is -2.48. The summed E-state index contributed by atoms with van der Waals surface area (Å²) in [6.45, 7) is 6.72. The molecule has 1 amide bonds. The predicted molar refractivity (Wildman–Crippen MR) is 54.5 cm³/mol. The van der Waals surface area contributed by atoms with Crippen molar-refractivity contribution in [3.63, 3.8) is 0 Å². The van der Waals surface area contributed by atoms with E-state index in [4.69, 9.17) is 4.74 Å². The van der Waals surface area contributed by atoms with Gasteiger partial charge in [0.15, 0.2) is 0 Å². The van der Waals surface area contributed by atoms with Crippen molar-refractivity contribution in [1.29, 1.82) is 0 Å². The molecular formula is C10H18N2O3. The van der Waals surface area contributed by atoms with Gasteiger partial charge in [-0.25, -0.2) is 4.79 Å². The molecule has 5 nitrogen and oxygen atoms in total. The van der Waals surface area contributed by atoms with E-state index >= 15 is 0 Å². The number of rotatable bonds is 0. The average molecular weight is 214 g/mol. The van der Waals surface area contributed by atoms with E-state index in [2.05, 4.69) is 5.32 Å². The third-order valence-electron chi connectivity index (χ3n) is 2.82. The van der Waals surface area contributed by atoms with Crippen molar-refractivity contribution in [2.24, 2.45) is 0 Å². The lowest BCUT2D eigenvalue weighted by atomic mass is 10.2. The number of ether oxygens (including phenoxy) is 1. The third-order valence-corrected chi connectivity index (χ3v) is 2.82. The lowest BCUT2D eigenvalue weighted by molar-refractivity contribution is 0.0164. The van der Waals surface area contributed by atoms with Crippen molar-refractivity contribution in [2.45, 2.75) is 44.6 Å². The SMILES string of the molecule is CC(C)(C)OC(=O)N1CC2NCC1C2O. The van der Waals surface area contributed by atoms with Gasteiger partial charge in [0.05, 0.1) is 18.2 Å². The fourth-order valence-electron chi connectivity index (χ4n) is 2.13. The lowest BCUT2D eigenvalue weighted by Gasteiger charge is -2.30. The van der Waals surface area contributed by atoms with Crippen molar-refractivity contribution in [2.75, 3.05) is 13.1 Å². The highest BCUT2D eigenvalue weighted by Crippen LogP contribution is 2.25. The number of carbonyl (C=O) groups excluding carboxylic acids is 1. The Kier molecular flexibility index (Phi) is 2.39. The second-order valence-corrected chi connectivity index (χ2v) is 5.21. The van der Waals surface area contributed by atoms with Gasteiger partial charge in [-0.3, -0.25) is 4.90 Å². The number of amides is 1. The fourth-order valence-corrected chi connectivity index (χ4v) is 2.13. The van der Waals surface area contributed by atoms with Crippen LogP contribution in [0.4, 0.5) is 4.79 Å². The minimum Gasteiger partial charge on any atom is -0.444 e. The quantitative estimate of drug-likeness (QED) is 0.593. The van der Waals surface area contributed by atoms with Crippen molar-refractivity contribution < 1.29 is 14.6 Å². The van der Waals surface area contributed by atoms with Crippen LogP contribution in [0, 0.1) is 0 Å². The number of nitrogens with zero attached hydrogens (tertiary/aromatic N) is 1. The highest BCUT2D eigenvalue weighted by atomic mass is 16.6. The molecule has 0 aromatic heterocycles. The Morgan fingerprint density at radius 2 is 2.20 bits per heavy atom. The Bertz CT molecular complexity index is 274. The largest absolute Gasteiger partial charge is 0.444 e. The second kappa shape index (κ2) is 3.35. The van der Waals surface area contributed by atoms with Crippen LogP contribution in [0.15, 0.2) is 0 Å². The highest BCUT2D eigenvalue weighted by molar-refractivity contribution is 5.69. The smallest absolute Gasteiger partial charge is 0.410 e. The van der Waals surface area contributed by atoms with Crippen molar-refractivity contribution >= 4 is 6.09 Å². The standard InChI is InChI=1S/C10H18N2O3/c1-10(2,3)15-9(14)12-5-6-8(13)7(12)4-11-6/h6-8,11,13H,4-5H2,1-3H3. The highest BCUT2D eigenvalue weighted by Gasteiger charge is 2.48. The minimum atomic E-state index is -0.475. The average Bonchev–Trinajstić information content (AvgIpc) is 2.59. The summed E-state index contributed by atoms with van der Waals surface area (Å²) < 4.78 is 5.27. The van der Waals surface area contributed by atoms with E-state index in [0.717, 1.165) is 0 Å². The minimum absolute atomic E-state index is 0.0162. The molecule has 0 aromatic carbocycles. The van der Waals surface area contributed by atoms with Crippen LogP contribution >= 0.6 is 0 Å². The number of likely N-dealkylation sites (tertiary alicyclic amines) is 1. The van der Waals surface area contributed by atoms with Gasteiger partial charge in [-0.1, -0.05) is 0 Å². The van der Waals surface area contributed by atoms with Gasteiger partial charge < -0.3 is 15.2 Å². The summed E-state index contributed by atoms with van der Waals surface area (Å²) in [6, 6.07) is -0.104. The van der Waals surface area contributed by atoms with Crippen molar-refractivity contribution in [3.8, 4) is 0 Å². The third kappa shape index (κ3) is 1.94. The summed E-state index contributed by atoms with van der Waals surface area (Å²) in [7, 11) is 0. The first kappa shape index (κ1) is 10.7. The maximum Gasteiger partial charge on any atom is 0.410 e. The van der Waals surface area contributed by atoms with Crippen LogP contribution in [0.1, 0.15) is 20.8 Å². The zero-order valence-corrected chi connectivity index (χ0v) is 9.36. The maximum absolute atomic E-state index is 11.8. The summed E-state index contributed by atoms with van der Waals surface area (Å²) in [5, 5.41) is 12.9. The molecule has 15 heavy (non-hydrogen) atoms. The zero-order chi connectivity index (χ0) is 11.2. The first-order chi connectivity index (χ1) is 6.88. The number of hydrogen-bond donors (Lipinski definition) is 2. The molecule has 0 radical (unpaired) electrons. The summed E-state index contributed by atoms with van der Waals surface area (Å²) in [6.07, 6.45) is -0.770. The van der Waals surface area contributed by atoms with Crippen LogP contribution in [0.2, 0.25) is 0 Å². The van der Waals surface area contributed by atoms with Gasteiger partial charge in [0.2, 0.25) is 0 Å². The van der Waals surface area contributed by atoms with Gasteiger partial charge in [-0.2, -0.15) is 0 Å². The molecule has 0 aromatic rings. The first-order valence-corrected chi connectivity index (χ1v) is 5.29. The Hall–Kier alpha value is -0.810. The number of nitrogens with one attached hydrogen (secondary N) is 1. The molecule has 3 unspecified atom stereocenters. The predicted octanol–water partition coefficient (Wildman–Crippen LogP) is -0.0616. The normalized spacial score (nSPS) is 34.7. The van der Waals surface area contributed by atoms with E-state index in [1.54, 1.807) is 4.90 Å². The van der Waals surface area contributed by atoms with E-state index in [0.29, 0.717) is 13.1 Å². The van der Waals surface area contributed by atoms with Gasteiger partial charge in [-0.05, 0) is 20.8 Å². The Morgan fingerprint density at radius 3 is 2.60 bits per heavy atom. The molecule has 86 valence electrons. The number of carbonyl (C=O) groups is 1. The molecule has 2 N–H and O–H groups in total. The molecule has 2 fully saturated rings. The number of aliphatic hydroxyl groups is 1. The number of piperazine rings is 1. The fraction of sp³-hybridized carbons (Fsp3) is 0.900. The molecule has 2 aliphatic heterocycles. The van der Waals surface area contributed by atoms with Crippen LogP contribution < -0.4 is 5.32 Å². The van der Waals surface area contributed by atoms with E-state index in [-0.39, 0.29) is 18.2 Å². The van der Waals surface area contributed by atoms with Crippen LogP contribution in [-0.4, -0.2) is 53.0 Å². The Balaban J connectivity index is 1.99. The van der Waals surface area contributed by atoms with Crippen LogP contribution in [0.25, 0.3) is 0 Å². The van der Waals surface area contributed by atoms with E-state index in [9.17, 15) is 9.90 Å². The summed E-state index contributed by atoms with van der Waals surface area (Å²) in [5.74, 6) is 0. The molecule has 5 heteroatoms. The summed E-state index contributed by atoms with van der Waals surface area (Å²) in [4.78, 5) is 13.4. The molecule has 0 aliphatic carbocycles. The topological polar surface area (TPSA) is 61.8 Å². The van der Waals surface area contributed by atoms with Crippen LogP contribution in [0.5, 0.6) is 0 Å². The van der Waals surface area contributed by atoms with Crippen LogP contribution in [0.3, 0.4) is 0 Å². The van der Waals surface area contributed by atoms with E-state index < -0.39 is 11.7 Å².